The van der Waals surface area contributed by atoms with Gasteiger partial charge in [0.2, 0.25) is 21.8 Å². The molecule has 0 radical (unpaired) electrons. The first-order valence-corrected chi connectivity index (χ1v) is 12.7. The van der Waals surface area contributed by atoms with Crippen molar-refractivity contribution >= 4 is 43.5 Å². The molecule has 1 unspecified atom stereocenters. The molecule has 1 atom stereocenters. The van der Waals surface area contributed by atoms with Crippen LogP contribution < -0.4 is 9.62 Å². The number of hydrogen-bond donors (Lipinski definition) is 1. The highest BCUT2D eigenvalue weighted by Crippen LogP contribution is 2.22. The quantitative estimate of drug-likeness (QED) is 0.532. The van der Waals surface area contributed by atoms with E-state index in [1.54, 1.807) is 24.3 Å². The monoisotopic (exact) mass is 509 g/mol. The summed E-state index contributed by atoms with van der Waals surface area (Å²) in [6, 6.07) is 15.3. The predicted molar refractivity (Wildman–Crippen MR) is 126 cm³/mol. The summed E-state index contributed by atoms with van der Waals surface area (Å²) in [6.45, 7) is 3.88. The number of hydrogen-bond acceptors (Lipinski definition) is 4. The zero-order chi connectivity index (χ0) is 23.0. The van der Waals surface area contributed by atoms with Crippen LogP contribution in [-0.4, -0.2) is 50.5 Å². The number of anilines is 1. The van der Waals surface area contributed by atoms with Gasteiger partial charge in [-0.1, -0.05) is 53.2 Å². The normalized spacial score (nSPS) is 12.1. The van der Waals surface area contributed by atoms with E-state index in [1.807, 2.05) is 44.2 Å². The molecule has 2 aromatic carbocycles. The van der Waals surface area contributed by atoms with E-state index >= 15 is 0 Å². The van der Waals surface area contributed by atoms with Crippen LogP contribution in [0, 0.1) is 0 Å². The molecule has 2 amide bonds. The standard InChI is InChI=1S/C22H28BrN3O4S/c1-4-20(22(28)24-5-2)25(15-17-9-7-6-8-10-17)21(27)16-26(31(3,29)30)19-13-11-18(23)12-14-19/h6-14,20H,4-5,15-16H2,1-3H3,(H,24,28). The van der Waals surface area contributed by atoms with Gasteiger partial charge in [0.15, 0.2) is 0 Å². The predicted octanol–water partition coefficient (Wildman–Crippen LogP) is 3.16. The second kappa shape index (κ2) is 11.3. The first-order valence-electron chi connectivity index (χ1n) is 10.0. The van der Waals surface area contributed by atoms with Gasteiger partial charge in [0.05, 0.1) is 11.9 Å². The van der Waals surface area contributed by atoms with Gasteiger partial charge in [-0.15, -0.1) is 0 Å². The van der Waals surface area contributed by atoms with Gasteiger partial charge < -0.3 is 10.2 Å². The molecule has 1 N–H and O–H groups in total. The summed E-state index contributed by atoms with van der Waals surface area (Å²) in [5.41, 5.74) is 1.23. The molecule has 0 fully saturated rings. The van der Waals surface area contributed by atoms with Crippen molar-refractivity contribution in [2.45, 2.75) is 32.9 Å². The third-order valence-corrected chi connectivity index (χ3v) is 6.40. The maximum atomic E-state index is 13.4. The van der Waals surface area contributed by atoms with E-state index in [2.05, 4.69) is 21.2 Å². The van der Waals surface area contributed by atoms with Crippen LogP contribution in [0.5, 0.6) is 0 Å². The van der Waals surface area contributed by atoms with E-state index in [0.29, 0.717) is 18.7 Å². The van der Waals surface area contributed by atoms with Crippen LogP contribution in [0.4, 0.5) is 5.69 Å². The number of halogens is 1. The van der Waals surface area contributed by atoms with Crippen molar-refractivity contribution in [3.05, 3.63) is 64.6 Å². The Morgan fingerprint density at radius 3 is 2.16 bits per heavy atom. The highest BCUT2D eigenvalue weighted by Gasteiger charge is 2.31. The molecule has 7 nitrogen and oxygen atoms in total. The fraction of sp³-hybridized carbons (Fsp3) is 0.364. The molecule has 0 spiro atoms. The second-order valence-corrected chi connectivity index (χ2v) is 9.89. The maximum absolute atomic E-state index is 13.4. The van der Waals surface area contributed by atoms with Gasteiger partial charge in [-0.05, 0) is 43.2 Å². The largest absolute Gasteiger partial charge is 0.355 e. The van der Waals surface area contributed by atoms with Gasteiger partial charge in [0, 0.05) is 17.6 Å². The van der Waals surface area contributed by atoms with Gasteiger partial charge in [-0.3, -0.25) is 13.9 Å². The van der Waals surface area contributed by atoms with Crippen molar-refractivity contribution in [3.8, 4) is 0 Å². The number of carbonyl (C=O) groups is 2. The minimum absolute atomic E-state index is 0.202. The first kappa shape index (κ1) is 24.9. The molecular formula is C22H28BrN3O4S. The lowest BCUT2D eigenvalue weighted by Crippen LogP contribution is -2.52. The number of sulfonamides is 1. The van der Waals surface area contributed by atoms with E-state index in [1.165, 1.54) is 4.90 Å². The molecule has 0 bridgehead atoms. The topological polar surface area (TPSA) is 86.8 Å². The third-order valence-electron chi connectivity index (χ3n) is 4.73. The van der Waals surface area contributed by atoms with Crippen LogP contribution in [0.25, 0.3) is 0 Å². The smallest absolute Gasteiger partial charge is 0.244 e. The van der Waals surface area contributed by atoms with E-state index < -0.39 is 28.5 Å². The Labute approximate surface area is 192 Å². The molecule has 2 rings (SSSR count). The molecule has 0 saturated carbocycles. The highest BCUT2D eigenvalue weighted by molar-refractivity contribution is 9.10. The summed E-state index contributed by atoms with van der Waals surface area (Å²) in [7, 11) is -3.73. The average molecular weight is 510 g/mol. The van der Waals surface area contributed by atoms with Crippen molar-refractivity contribution < 1.29 is 18.0 Å². The number of benzene rings is 2. The SMILES string of the molecule is CCNC(=O)C(CC)N(Cc1ccccc1)C(=O)CN(c1ccc(Br)cc1)S(C)(=O)=O. The van der Waals surface area contributed by atoms with Crippen molar-refractivity contribution in [3.63, 3.8) is 0 Å². The summed E-state index contributed by atoms with van der Waals surface area (Å²) in [5, 5.41) is 2.77. The van der Waals surface area contributed by atoms with E-state index in [4.69, 9.17) is 0 Å². The molecule has 0 aliphatic rings. The lowest BCUT2D eigenvalue weighted by atomic mass is 10.1. The van der Waals surface area contributed by atoms with Crippen LogP contribution in [-0.2, 0) is 26.2 Å². The molecule has 168 valence electrons. The zero-order valence-electron chi connectivity index (χ0n) is 17.9. The van der Waals surface area contributed by atoms with Crippen LogP contribution in [0.1, 0.15) is 25.8 Å². The first-order chi connectivity index (χ1) is 14.7. The average Bonchev–Trinajstić information content (AvgIpc) is 2.72. The Bertz CT molecular complexity index is 982. The molecule has 0 aliphatic heterocycles. The van der Waals surface area contributed by atoms with Gasteiger partial charge in [-0.25, -0.2) is 8.42 Å². The van der Waals surface area contributed by atoms with Crippen LogP contribution in [0.2, 0.25) is 0 Å². The van der Waals surface area contributed by atoms with E-state index in [-0.39, 0.29) is 12.5 Å². The summed E-state index contributed by atoms with van der Waals surface area (Å²) < 4.78 is 26.8. The van der Waals surface area contributed by atoms with Crippen LogP contribution >= 0.6 is 15.9 Å². The lowest BCUT2D eigenvalue weighted by molar-refractivity contribution is -0.140. The number of likely N-dealkylation sites (N-methyl/N-ethyl adjacent to an activating group) is 1. The summed E-state index contributed by atoms with van der Waals surface area (Å²) >= 11 is 3.33. The molecule has 2 aromatic rings. The molecule has 0 aromatic heterocycles. The number of nitrogens with one attached hydrogen (secondary N) is 1. The summed E-state index contributed by atoms with van der Waals surface area (Å²) in [6.07, 6.45) is 1.46. The minimum Gasteiger partial charge on any atom is -0.355 e. The highest BCUT2D eigenvalue weighted by atomic mass is 79.9. The number of carbonyl (C=O) groups excluding carboxylic acids is 2. The van der Waals surface area contributed by atoms with Crippen molar-refractivity contribution in [1.29, 1.82) is 0 Å². The Kier molecular flexibility index (Phi) is 9.06. The number of nitrogens with zero attached hydrogens (tertiary/aromatic N) is 2. The molecule has 0 heterocycles. The Balaban J connectivity index is 2.39. The van der Waals surface area contributed by atoms with Crippen LogP contribution in [0.15, 0.2) is 59.1 Å². The Morgan fingerprint density at radius 1 is 1.03 bits per heavy atom. The van der Waals surface area contributed by atoms with Crippen LogP contribution in [0.3, 0.4) is 0 Å². The summed E-state index contributed by atoms with van der Waals surface area (Å²) in [4.78, 5) is 27.5. The van der Waals surface area contributed by atoms with Gasteiger partial charge in [0.25, 0.3) is 0 Å². The molecule has 0 aliphatic carbocycles. The van der Waals surface area contributed by atoms with Crippen molar-refractivity contribution in [1.82, 2.24) is 10.2 Å². The van der Waals surface area contributed by atoms with Gasteiger partial charge in [-0.2, -0.15) is 0 Å². The zero-order valence-corrected chi connectivity index (χ0v) is 20.3. The van der Waals surface area contributed by atoms with Gasteiger partial charge in [0.1, 0.15) is 12.6 Å². The molecular weight excluding hydrogens is 482 g/mol. The maximum Gasteiger partial charge on any atom is 0.244 e. The molecule has 0 saturated heterocycles. The van der Waals surface area contributed by atoms with E-state index in [9.17, 15) is 18.0 Å². The lowest BCUT2D eigenvalue weighted by Gasteiger charge is -2.32. The molecule has 31 heavy (non-hydrogen) atoms. The second-order valence-electron chi connectivity index (χ2n) is 7.07. The summed E-state index contributed by atoms with van der Waals surface area (Å²) in [5.74, 6) is -0.709. The third kappa shape index (κ3) is 7.07. The van der Waals surface area contributed by atoms with Gasteiger partial charge >= 0.3 is 0 Å². The van der Waals surface area contributed by atoms with Crippen molar-refractivity contribution in [2.24, 2.45) is 0 Å². The Hall–Kier alpha value is -2.39. The number of amides is 2. The molecule has 9 heteroatoms. The fourth-order valence-electron chi connectivity index (χ4n) is 3.21. The Morgan fingerprint density at radius 2 is 1.65 bits per heavy atom. The van der Waals surface area contributed by atoms with E-state index in [0.717, 1.165) is 20.6 Å². The van der Waals surface area contributed by atoms with Crippen molar-refractivity contribution in [2.75, 3.05) is 23.7 Å². The number of rotatable bonds is 10. The minimum atomic E-state index is -3.73. The fourth-order valence-corrected chi connectivity index (χ4v) is 4.33.